The molecule has 0 atom stereocenters. The van der Waals surface area contributed by atoms with E-state index in [1.807, 2.05) is 13.8 Å². The smallest absolute Gasteiger partial charge is 0.156 e. The fourth-order valence-electron chi connectivity index (χ4n) is 2.47. The van der Waals surface area contributed by atoms with Gasteiger partial charge >= 0.3 is 0 Å². The standard InChI is InChI=1S/C15H20BrFN2O/c1-15(2,19-7-5-18-6-8-19)14(20)10-11-9-12(17)3-4-13(11)16/h3-4,9,18H,5-8,10H2,1-2H3. The summed E-state index contributed by atoms with van der Waals surface area (Å²) < 4.78 is 14.1. The molecule has 0 saturated carbocycles. The van der Waals surface area contributed by atoms with Crippen LogP contribution in [0.2, 0.25) is 0 Å². The third kappa shape index (κ3) is 3.45. The summed E-state index contributed by atoms with van der Waals surface area (Å²) in [5.74, 6) is -0.193. The van der Waals surface area contributed by atoms with Crippen LogP contribution in [0.4, 0.5) is 4.39 Å². The monoisotopic (exact) mass is 342 g/mol. The van der Waals surface area contributed by atoms with E-state index in [9.17, 15) is 9.18 Å². The lowest BCUT2D eigenvalue weighted by Gasteiger charge is -2.40. The number of Topliss-reactive ketones (excluding diaryl/α,β-unsaturated/α-hetero) is 1. The van der Waals surface area contributed by atoms with Crippen molar-refractivity contribution in [2.45, 2.75) is 25.8 Å². The van der Waals surface area contributed by atoms with E-state index >= 15 is 0 Å². The molecule has 1 N–H and O–H groups in total. The van der Waals surface area contributed by atoms with Gasteiger partial charge in [0.05, 0.1) is 5.54 Å². The van der Waals surface area contributed by atoms with Crippen LogP contribution < -0.4 is 5.32 Å². The Morgan fingerprint density at radius 3 is 2.70 bits per heavy atom. The minimum Gasteiger partial charge on any atom is -0.314 e. The van der Waals surface area contributed by atoms with Crippen LogP contribution in [0.15, 0.2) is 22.7 Å². The summed E-state index contributed by atoms with van der Waals surface area (Å²) in [5.41, 5.74) is 0.187. The van der Waals surface area contributed by atoms with Gasteiger partial charge in [-0.1, -0.05) is 15.9 Å². The maximum atomic E-state index is 13.3. The van der Waals surface area contributed by atoms with Crippen LogP contribution in [0.3, 0.4) is 0 Å². The molecule has 0 unspecified atom stereocenters. The van der Waals surface area contributed by atoms with Gasteiger partial charge in [0.25, 0.3) is 0 Å². The average Bonchev–Trinajstić information content (AvgIpc) is 2.43. The number of halogens is 2. The minimum absolute atomic E-state index is 0.116. The molecule has 1 saturated heterocycles. The normalized spacial score (nSPS) is 17.2. The Balaban J connectivity index is 2.11. The highest BCUT2D eigenvalue weighted by molar-refractivity contribution is 9.10. The lowest BCUT2D eigenvalue weighted by Crippen LogP contribution is -2.57. The SMILES string of the molecule is CC(C)(C(=O)Cc1cc(F)ccc1Br)N1CCNCC1. The van der Waals surface area contributed by atoms with Crippen molar-refractivity contribution in [3.8, 4) is 0 Å². The van der Waals surface area contributed by atoms with Crippen LogP contribution in [0.25, 0.3) is 0 Å². The Kier molecular flexibility index (Phi) is 4.94. The number of hydrogen-bond acceptors (Lipinski definition) is 3. The molecule has 0 aliphatic carbocycles. The quantitative estimate of drug-likeness (QED) is 0.911. The fourth-order valence-corrected chi connectivity index (χ4v) is 2.86. The highest BCUT2D eigenvalue weighted by atomic mass is 79.9. The largest absolute Gasteiger partial charge is 0.314 e. The van der Waals surface area contributed by atoms with E-state index in [1.165, 1.54) is 12.1 Å². The summed E-state index contributed by atoms with van der Waals surface area (Å²) in [7, 11) is 0. The number of rotatable bonds is 4. The number of carbonyl (C=O) groups is 1. The van der Waals surface area contributed by atoms with Gasteiger partial charge in [0.2, 0.25) is 0 Å². The van der Waals surface area contributed by atoms with Gasteiger partial charge in [0, 0.05) is 37.1 Å². The van der Waals surface area contributed by atoms with E-state index in [2.05, 4.69) is 26.1 Å². The first-order valence-corrected chi connectivity index (χ1v) is 7.63. The first-order chi connectivity index (χ1) is 9.41. The molecule has 1 aromatic carbocycles. The van der Waals surface area contributed by atoms with Crippen molar-refractivity contribution in [3.63, 3.8) is 0 Å². The van der Waals surface area contributed by atoms with Gasteiger partial charge in [-0.25, -0.2) is 4.39 Å². The van der Waals surface area contributed by atoms with Crippen molar-refractivity contribution < 1.29 is 9.18 Å². The predicted molar refractivity (Wildman–Crippen MR) is 81.3 cm³/mol. The molecule has 0 radical (unpaired) electrons. The zero-order valence-electron chi connectivity index (χ0n) is 11.9. The summed E-state index contributed by atoms with van der Waals surface area (Å²) in [6.07, 6.45) is 0.245. The molecule has 0 bridgehead atoms. The molecule has 0 spiro atoms. The maximum Gasteiger partial charge on any atom is 0.156 e. The third-order valence-corrected chi connectivity index (χ3v) is 4.72. The third-order valence-electron chi connectivity index (χ3n) is 3.95. The molecule has 1 heterocycles. The second kappa shape index (κ2) is 6.33. The molecule has 1 aliphatic heterocycles. The van der Waals surface area contributed by atoms with Crippen LogP contribution in [-0.4, -0.2) is 42.4 Å². The summed E-state index contributed by atoms with van der Waals surface area (Å²) in [5, 5.41) is 3.28. The van der Waals surface area contributed by atoms with Crippen LogP contribution in [0.1, 0.15) is 19.4 Å². The Hall–Kier alpha value is -0.780. The number of nitrogens with one attached hydrogen (secondary N) is 1. The van der Waals surface area contributed by atoms with E-state index < -0.39 is 5.54 Å². The lowest BCUT2D eigenvalue weighted by molar-refractivity contribution is -0.129. The van der Waals surface area contributed by atoms with E-state index in [4.69, 9.17) is 0 Å². The summed E-state index contributed by atoms with van der Waals surface area (Å²) in [6.45, 7) is 7.44. The summed E-state index contributed by atoms with van der Waals surface area (Å²) in [6, 6.07) is 4.46. The Labute approximate surface area is 127 Å². The summed E-state index contributed by atoms with van der Waals surface area (Å²) in [4.78, 5) is 14.8. The molecule has 1 aliphatic rings. The molecule has 0 aromatic heterocycles. The van der Waals surface area contributed by atoms with Gasteiger partial charge in [0.1, 0.15) is 5.82 Å². The highest BCUT2D eigenvalue weighted by Gasteiger charge is 2.34. The van der Waals surface area contributed by atoms with Gasteiger partial charge in [-0.3, -0.25) is 9.69 Å². The van der Waals surface area contributed by atoms with Gasteiger partial charge in [0.15, 0.2) is 5.78 Å². The van der Waals surface area contributed by atoms with E-state index in [-0.39, 0.29) is 18.0 Å². The first kappa shape index (κ1) is 15.6. The van der Waals surface area contributed by atoms with Crippen molar-refractivity contribution in [1.29, 1.82) is 0 Å². The zero-order chi connectivity index (χ0) is 14.8. The molecular weight excluding hydrogens is 323 g/mol. The highest BCUT2D eigenvalue weighted by Crippen LogP contribution is 2.23. The fraction of sp³-hybridized carbons (Fsp3) is 0.533. The van der Waals surface area contributed by atoms with Crippen LogP contribution in [-0.2, 0) is 11.2 Å². The molecule has 2 rings (SSSR count). The van der Waals surface area contributed by atoms with Crippen molar-refractivity contribution in [2.75, 3.05) is 26.2 Å². The lowest BCUT2D eigenvalue weighted by atomic mass is 9.91. The predicted octanol–water partition coefficient (Wildman–Crippen LogP) is 2.38. The summed E-state index contributed by atoms with van der Waals surface area (Å²) >= 11 is 3.38. The molecular formula is C15H20BrFN2O. The van der Waals surface area contributed by atoms with E-state index in [0.717, 1.165) is 30.7 Å². The molecule has 1 fully saturated rings. The first-order valence-electron chi connectivity index (χ1n) is 6.84. The van der Waals surface area contributed by atoms with Crippen molar-refractivity contribution in [3.05, 3.63) is 34.1 Å². The maximum absolute atomic E-state index is 13.3. The Bertz CT molecular complexity index is 499. The van der Waals surface area contributed by atoms with Gasteiger partial charge in [-0.2, -0.15) is 0 Å². The van der Waals surface area contributed by atoms with E-state index in [1.54, 1.807) is 6.07 Å². The average molecular weight is 343 g/mol. The number of piperazine rings is 1. The van der Waals surface area contributed by atoms with Crippen molar-refractivity contribution in [2.24, 2.45) is 0 Å². The molecule has 5 heteroatoms. The Morgan fingerprint density at radius 2 is 2.05 bits per heavy atom. The number of nitrogens with zero attached hydrogens (tertiary/aromatic N) is 1. The molecule has 110 valence electrons. The second-order valence-corrected chi connectivity index (χ2v) is 6.49. The molecule has 0 amide bonds. The number of carbonyl (C=O) groups excluding carboxylic acids is 1. The number of hydrogen-bond donors (Lipinski definition) is 1. The molecule has 3 nitrogen and oxygen atoms in total. The number of ketones is 1. The zero-order valence-corrected chi connectivity index (χ0v) is 13.5. The van der Waals surface area contributed by atoms with Gasteiger partial charge in [-0.05, 0) is 37.6 Å². The van der Waals surface area contributed by atoms with Gasteiger partial charge in [-0.15, -0.1) is 0 Å². The van der Waals surface area contributed by atoms with E-state index in [0.29, 0.717) is 5.56 Å². The Morgan fingerprint density at radius 1 is 1.40 bits per heavy atom. The number of benzene rings is 1. The topological polar surface area (TPSA) is 32.3 Å². The van der Waals surface area contributed by atoms with Crippen molar-refractivity contribution >= 4 is 21.7 Å². The van der Waals surface area contributed by atoms with Crippen LogP contribution >= 0.6 is 15.9 Å². The van der Waals surface area contributed by atoms with Gasteiger partial charge < -0.3 is 5.32 Å². The second-order valence-electron chi connectivity index (χ2n) is 5.63. The molecule has 1 aromatic rings. The van der Waals surface area contributed by atoms with Crippen LogP contribution in [0, 0.1) is 5.82 Å². The molecule has 20 heavy (non-hydrogen) atoms. The van der Waals surface area contributed by atoms with Crippen molar-refractivity contribution in [1.82, 2.24) is 10.2 Å². The minimum atomic E-state index is -0.520. The van der Waals surface area contributed by atoms with Crippen LogP contribution in [0.5, 0.6) is 0 Å².